The Hall–Kier alpha value is -0.730. The molecule has 0 saturated heterocycles. The molecule has 1 aromatic carbocycles. The van der Waals surface area contributed by atoms with Gasteiger partial charge in [0.05, 0.1) is 5.41 Å². The summed E-state index contributed by atoms with van der Waals surface area (Å²) in [6.07, 6.45) is 0.500. The van der Waals surface area contributed by atoms with Gasteiger partial charge in [-0.25, -0.2) is 0 Å². The van der Waals surface area contributed by atoms with Gasteiger partial charge in [0.2, 0.25) is 5.91 Å². The molecule has 0 spiro atoms. The van der Waals surface area contributed by atoms with Crippen molar-refractivity contribution in [3.8, 4) is 0 Å². The van der Waals surface area contributed by atoms with E-state index in [2.05, 4.69) is 5.32 Å². The topological polar surface area (TPSA) is 29.1 Å². The predicted octanol–water partition coefficient (Wildman–Crippen LogP) is 3.83. The molecule has 1 aliphatic rings. The van der Waals surface area contributed by atoms with Gasteiger partial charge in [-0.15, -0.1) is 23.2 Å². The van der Waals surface area contributed by atoms with Crippen molar-refractivity contribution in [2.75, 3.05) is 5.32 Å². The van der Waals surface area contributed by atoms with Crippen molar-refractivity contribution < 1.29 is 4.79 Å². The van der Waals surface area contributed by atoms with Crippen LogP contribution in [0.2, 0.25) is 0 Å². The zero-order chi connectivity index (χ0) is 12.8. The molecule has 1 aliphatic carbocycles. The zero-order valence-corrected chi connectivity index (χ0v) is 11.6. The molecule has 1 fully saturated rings. The first-order valence-electron chi connectivity index (χ1n) is 5.53. The van der Waals surface area contributed by atoms with Crippen LogP contribution >= 0.6 is 23.2 Å². The van der Waals surface area contributed by atoms with Gasteiger partial charge in [0.1, 0.15) is 4.33 Å². The molecule has 1 atom stereocenters. The number of benzene rings is 1. The summed E-state index contributed by atoms with van der Waals surface area (Å²) in [5.41, 5.74) is 2.29. The average molecular weight is 272 g/mol. The molecule has 0 radical (unpaired) electrons. The Labute approximate surface area is 111 Å². The van der Waals surface area contributed by atoms with E-state index in [4.69, 9.17) is 23.2 Å². The number of rotatable bonds is 2. The second-order valence-electron chi connectivity index (χ2n) is 4.99. The number of aryl methyl sites for hydroxylation is 2. The molecule has 1 amide bonds. The number of carbonyl (C=O) groups excluding carboxylic acids is 1. The number of amides is 1. The highest BCUT2D eigenvalue weighted by atomic mass is 35.5. The largest absolute Gasteiger partial charge is 0.325 e. The summed E-state index contributed by atoms with van der Waals surface area (Å²) in [6.45, 7) is 5.73. The molecule has 0 heterocycles. The van der Waals surface area contributed by atoms with Crippen molar-refractivity contribution >= 4 is 34.8 Å². The third kappa shape index (κ3) is 2.16. The smallest absolute Gasteiger partial charge is 0.233 e. The molecular weight excluding hydrogens is 257 g/mol. The summed E-state index contributed by atoms with van der Waals surface area (Å²) in [6, 6.07) is 5.94. The second-order valence-corrected chi connectivity index (χ2v) is 6.47. The summed E-state index contributed by atoms with van der Waals surface area (Å²) in [5, 5.41) is 2.90. The van der Waals surface area contributed by atoms with E-state index in [0.29, 0.717) is 6.42 Å². The fourth-order valence-electron chi connectivity index (χ4n) is 1.78. The zero-order valence-electron chi connectivity index (χ0n) is 10.1. The highest BCUT2D eigenvalue weighted by Crippen LogP contribution is 2.64. The number of alkyl halides is 2. The molecular formula is C13H15Cl2NO. The van der Waals surface area contributed by atoms with E-state index in [1.165, 1.54) is 0 Å². The maximum Gasteiger partial charge on any atom is 0.233 e. The summed E-state index contributed by atoms with van der Waals surface area (Å²) in [4.78, 5) is 12.1. The summed E-state index contributed by atoms with van der Waals surface area (Å²) < 4.78 is -0.922. The fourth-order valence-corrected chi connectivity index (χ4v) is 2.48. The van der Waals surface area contributed by atoms with Crippen LogP contribution in [-0.2, 0) is 4.79 Å². The van der Waals surface area contributed by atoms with E-state index in [1.807, 2.05) is 32.0 Å². The Morgan fingerprint density at radius 1 is 1.35 bits per heavy atom. The molecule has 1 aromatic rings. The quantitative estimate of drug-likeness (QED) is 0.814. The van der Waals surface area contributed by atoms with Crippen molar-refractivity contribution in [2.24, 2.45) is 5.41 Å². The summed E-state index contributed by atoms with van der Waals surface area (Å²) in [7, 11) is 0. The monoisotopic (exact) mass is 271 g/mol. The third-order valence-electron chi connectivity index (χ3n) is 3.40. The van der Waals surface area contributed by atoms with E-state index in [0.717, 1.165) is 16.8 Å². The highest BCUT2D eigenvalue weighted by molar-refractivity contribution is 6.53. The van der Waals surface area contributed by atoms with E-state index in [-0.39, 0.29) is 5.91 Å². The van der Waals surface area contributed by atoms with Gasteiger partial charge in [-0.1, -0.05) is 12.1 Å². The number of hydrogen-bond acceptors (Lipinski definition) is 1. The van der Waals surface area contributed by atoms with Crippen molar-refractivity contribution in [2.45, 2.75) is 31.5 Å². The second kappa shape index (κ2) is 3.89. The first-order valence-corrected chi connectivity index (χ1v) is 6.28. The van der Waals surface area contributed by atoms with Crippen LogP contribution < -0.4 is 5.32 Å². The lowest BCUT2D eigenvalue weighted by Crippen LogP contribution is -2.26. The Bertz CT molecular complexity index is 484. The van der Waals surface area contributed by atoms with Gasteiger partial charge in [-0.3, -0.25) is 4.79 Å². The van der Waals surface area contributed by atoms with Crippen molar-refractivity contribution in [1.82, 2.24) is 0 Å². The van der Waals surface area contributed by atoms with Crippen LogP contribution in [0.4, 0.5) is 5.69 Å². The molecule has 1 N–H and O–H groups in total. The van der Waals surface area contributed by atoms with E-state index >= 15 is 0 Å². The van der Waals surface area contributed by atoms with Gasteiger partial charge in [0.15, 0.2) is 0 Å². The minimum Gasteiger partial charge on any atom is -0.325 e. The molecule has 0 aromatic heterocycles. The van der Waals surface area contributed by atoms with Gasteiger partial charge in [0, 0.05) is 5.69 Å². The maximum absolute atomic E-state index is 12.1. The van der Waals surface area contributed by atoms with Crippen LogP contribution in [0.15, 0.2) is 18.2 Å². The maximum atomic E-state index is 12.1. The molecule has 4 heteroatoms. The van der Waals surface area contributed by atoms with E-state index in [9.17, 15) is 4.79 Å². The standard InChI is InChI=1S/C13H15Cl2NO/c1-8-4-5-9(2)10(6-8)16-11(17)12(3)7-13(12,14)15/h4-6H,7H2,1-3H3,(H,16,17). The average Bonchev–Trinajstić information content (AvgIpc) is 2.74. The SMILES string of the molecule is Cc1ccc(C)c(NC(=O)C2(C)CC2(Cl)Cl)c1. The predicted molar refractivity (Wildman–Crippen MR) is 71.7 cm³/mol. The minimum atomic E-state index is -0.922. The number of anilines is 1. The molecule has 1 unspecified atom stereocenters. The third-order valence-corrected chi connectivity index (χ3v) is 4.50. The van der Waals surface area contributed by atoms with Gasteiger partial charge < -0.3 is 5.32 Å². The summed E-state index contributed by atoms with van der Waals surface area (Å²) in [5.74, 6) is -0.115. The fraction of sp³-hybridized carbons (Fsp3) is 0.462. The number of halogens is 2. The Balaban J connectivity index is 2.17. The summed E-state index contributed by atoms with van der Waals surface area (Å²) >= 11 is 12.0. The highest BCUT2D eigenvalue weighted by Gasteiger charge is 2.67. The van der Waals surface area contributed by atoms with Gasteiger partial charge >= 0.3 is 0 Å². The van der Waals surface area contributed by atoms with Gasteiger partial charge in [-0.2, -0.15) is 0 Å². The van der Waals surface area contributed by atoms with Crippen LogP contribution in [0.1, 0.15) is 24.5 Å². The number of carbonyl (C=O) groups is 1. The molecule has 2 nitrogen and oxygen atoms in total. The van der Waals surface area contributed by atoms with Crippen molar-refractivity contribution in [3.63, 3.8) is 0 Å². The molecule has 0 bridgehead atoms. The first kappa shape index (κ1) is 12.7. The lowest BCUT2D eigenvalue weighted by atomic mass is 10.1. The number of nitrogens with one attached hydrogen (secondary N) is 1. The normalized spacial score (nSPS) is 25.5. The first-order chi connectivity index (χ1) is 7.76. The van der Waals surface area contributed by atoms with Crippen LogP contribution in [-0.4, -0.2) is 10.2 Å². The number of hydrogen-bond donors (Lipinski definition) is 1. The Kier molecular flexibility index (Phi) is 2.91. The van der Waals surface area contributed by atoms with Crippen molar-refractivity contribution in [3.05, 3.63) is 29.3 Å². The van der Waals surface area contributed by atoms with Gasteiger partial charge in [0.25, 0.3) is 0 Å². The van der Waals surface area contributed by atoms with E-state index < -0.39 is 9.75 Å². The van der Waals surface area contributed by atoms with Crippen LogP contribution in [0.3, 0.4) is 0 Å². The lowest BCUT2D eigenvalue weighted by Gasteiger charge is -2.14. The van der Waals surface area contributed by atoms with Crippen LogP contribution in [0.5, 0.6) is 0 Å². The Morgan fingerprint density at radius 3 is 2.47 bits per heavy atom. The van der Waals surface area contributed by atoms with E-state index in [1.54, 1.807) is 6.92 Å². The van der Waals surface area contributed by atoms with Crippen molar-refractivity contribution in [1.29, 1.82) is 0 Å². The minimum absolute atomic E-state index is 0.115. The molecule has 17 heavy (non-hydrogen) atoms. The molecule has 2 rings (SSSR count). The molecule has 92 valence electrons. The molecule has 0 aliphatic heterocycles. The van der Waals surface area contributed by atoms with Crippen LogP contribution in [0, 0.1) is 19.3 Å². The molecule has 1 saturated carbocycles. The van der Waals surface area contributed by atoms with Gasteiger partial charge in [-0.05, 0) is 44.4 Å². The van der Waals surface area contributed by atoms with Crippen LogP contribution in [0.25, 0.3) is 0 Å². The lowest BCUT2D eigenvalue weighted by molar-refractivity contribution is -0.120. The Morgan fingerprint density at radius 2 is 1.94 bits per heavy atom.